The molecule has 0 spiro atoms. The summed E-state index contributed by atoms with van der Waals surface area (Å²) in [6, 6.07) is 10.8. The van der Waals surface area contributed by atoms with Crippen molar-refractivity contribution in [2.45, 2.75) is 19.9 Å². The third-order valence-electron chi connectivity index (χ3n) is 4.42. The molecule has 6 nitrogen and oxygen atoms in total. The number of hydrogen-bond donors (Lipinski definition) is 2. The van der Waals surface area contributed by atoms with Crippen LogP contribution in [-0.2, 0) is 11.3 Å². The minimum atomic E-state index is -0.495. The van der Waals surface area contributed by atoms with Crippen LogP contribution < -0.4 is 20.3 Å². The number of fused-ring (bicyclic) bond motifs is 1. The second-order valence-corrected chi connectivity index (χ2v) is 6.51. The molecule has 1 aliphatic heterocycles. The van der Waals surface area contributed by atoms with Gasteiger partial charge in [0.2, 0.25) is 0 Å². The lowest BCUT2D eigenvalue weighted by Gasteiger charge is -2.29. The van der Waals surface area contributed by atoms with Crippen LogP contribution in [0.4, 0.5) is 14.5 Å². The van der Waals surface area contributed by atoms with Crippen molar-refractivity contribution in [2.24, 2.45) is 4.99 Å². The fourth-order valence-corrected chi connectivity index (χ4v) is 3.01. The van der Waals surface area contributed by atoms with Crippen LogP contribution >= 0.6 is 24.0 Å². The summed E-state index contributed by atoms with van der Waals surface area (Å²) in [4.78, 5) is 18.2. The number of aliphatic imine (C=N–C) groups is 1. The zero-order valence-corrected chi connectivity index (χ0v) is 19.0. The van der Waals surface area contributed by atoms with Crippen molar-refractivity contribution >= 4 is 41.5 Å². The summed E-state index contributed by atoms with van der Waals surface area (Å²) in [5, 5.41) is 6.23. The summed E-state index contributed by atoms with van der Waals surface area (Å²) < 4.78 is 32.5. The average molecular weight is 530 g/mol. The highest BCUT2D eigenvalue weighted by atomic mass is 127. The number of anilines is 1. The van der Waals surface area contributed by atoms with E-state index in [1.54, 1.807) is 4.90 Å². The lowest BCUT2D eigenvalue weighted by molar-refractivity contribution is -0.121. The fraction of sp³-hybridized carbons (Fsp3) is 0.333. The molecule has 2 N–H and O–H groups in total. The number of carbonyl (C=O) groups is 1. The Hall–Kier alpha value is -2.43. The summed E-state index contributed by atoms with van der Waals surface area (Å²) in [5.74, 6) is 0.142. The van der Waals surface area contributed by atoms with Crippen LogP contribution in [0.3, 0.4) is 0 Å². The zero-order valence-electron chi connectivity index (χ0n) is 16.7. The second-order valence-electron chi connectivity index (χ2n) is 6.51. The van der Waals surface area contributed by atoms with Crippen LogP contribution in [0.15, 0.2) is 47.5 Å². The smallest absolute Gasteiger partial charge is 0.265 e. The Labute approximate surface area is 191 Å². The first-order valence-electron chi connectivity index (χ1n) is 9.56. The molecule has 2 aromatic carbocycles. The third-order valence-corrected chi connectivity index (χ3v) is 4.42. The molecule has 1 amide bonds. The van der Waals surface area contributed by atoms with E-state index in [9.17, 15) is 13.6 Å². The van der Waals surface area contributed by atoms with Gasteiger partial charge in [-0.25, -0.2) is 13.8 Å². The average Bonchev–Trinajstić information content (AvgIpc) is 2.72. The molecule has 0 fully saturated rings. The Morgan fingerprint density at radius 1 is 1.20 bits per heavy atom. The van der Waals surface area contributed by atoms with Crippen molar-refractivity contribution in [3.63, 3.8) is 0 Å². The standard InChI is InChI=1S/C21H24F2N4O2.HI/c1-2-24-21(26-13-15-12-16(22)8-9-17(15)23)25-10-5-11-27-18-6-3-4-7-19(18)29-14-20(27)28;/h3-4,6-9,12H,2,5,10-11,13-14H2,1H3,(H2,24,25,26);1H. The van der Waals surface area contributed by atoms with Gasteiger partial charge in [-0.05, 0) is 43.7 Å². The van der Waals surface area contributed by atoms with Gasteiger partial charge in [-0.15, -0.1) is 24.0 Å². The maximum absolute atomic E-state index is 13.8. The fourth-order valence-electron chi connectivity index (χ4n) is 3.01. The van der Waals surface area contributed by atoms with Crippen LogP contribution in [0.2, 0.25) is 0 Å². The van der Waals surface area contributed by atoms with Crippen molar-refractivity contribution in [1.82, 2.24) is 10.6 Å². The van der Waals surface area contributed by atoms with E-state index in [-0.39, 0.29) is 48.6 Å². The molecule has 0 aromatic heterocycles. The number of ether oxygens (including phenoxy) is 1. The van der Waals surface area contributed by atoms with Gasteiger partial charge in [-0.3, -0.25) is 4.79 Å². The molecular formula is C21H25F2IN4O2. The van der Waals surface area contributed by atoms with Crippen LogP contribution in [0.1, 0.15) is 18.9 Å². The number of rotatable bonds is 7. The normalized spacial score (nSPS) is 13.2. The summed E-state index contributed by atoms with van der Waals surface area (Å²) in [6.45, 7) is 3.70. The van der Waals surface area contributed by atoms with E-state index in [2.05, 4.69) is 15.6 Å². The van der Waals surface area contributed by atoms with Gasteiger partial charge in [0.25, 0.3) is 5.91 Å². The quantitative estimate of drug-likeness (QED) is 0.249. The molecule has 162 valence electrons. The lowest BCUT2D eigenvalue weighted by Crippen LogP contribution is -2.42. The highest BCUT2D eigenvalue weighted by Crippen LogP contribution is 2.31. The molecule has 0 saturated carbocycles. The van der Waals surface area contributed by atoms with E-state index < -0.39 is 11.6 Å². The molecule has 0 radical (unpaired) electrons. The maximum Gasteiger partial charge on any atom is 0.265 e. The molecule has 1 heterocycles. The highest BCUT2D eigenvalue weighted by molar-refractivity contribution is 14.0. The summed E-state index contributed by atoms with van der Waals surface area (Å²) in [7, 11) is 0. The molecule has 0 aliphatic carbocycles. The van der Waals surface area contributed by atoms with Crippen LogP contribution in [0, 0.1) is 11.6 Å². The number of amides is 1. The number of nitrogens with one attached hydrogen (secondary N) is 2. The Kier molecular flexibility index (Phi) is 9.28. The van der Waals surface area contributed by atoms with E-state index in [4.69, 9.17) is 4.74 Å². The van der Waals surface area contributed by atoms with Crippen LogP contribution in [-0.4, -0.2) is 38.1 Å². The lowest BCUT2D eigenvalue weighted by atomic mass is 10.2. The molecule has 0 unspecified atom stereocenters. The van der Waals surface area contributed by atoms with Crippen molar-refractivity contribution in [1.29, 1.82) is 0 Å². The van der Waals surface area contributed by atoms with Crippen LogP contribution in [0.25, 0.3) is 0 Å². The number of carbonyl (C=O) groups excluding carboxylic acids is 1. The minimum Gasteiger partial charge on any atom is -0.482 e. The van der Waals surface area contributed by atoms with Gasteiger partial charge < -0.3 is 20.3 Å². The van der Waals surface area contributed by atoms with Gasteiger partial charge in [0.05, 0.1) is 12.2 Å². The third kappa shape index (κ3) is 6.28. The Bertz CT molecular complexity index is 895. The summed E-state index contributed by atoms with van der Waals surface area (Å²) >= 11 is 0. The minimum absolute atomic E-state index is 0. The number of para-hydroxylation sites is 2. The first-order chi connectivity index (χ1) is 14.1. The van der Waals surface area contributed by atoms with E-state index in [1.165, 1.54) is 0 Å². The molecule has 9 heteroatoms. The van der Waals surface area contributed by atoms with Gasteiger partial charge in [-0.2, -0.15) is 0 Å². The van der Waals surface area contributed by atoms with Gasteiger partial charge in [0.1, 0.15) is 17.4 Å². The van der Waals surface area contributed by atoms with Crippen molar-refractivity contribution < 1.29 is 18.3 Å². The molecule has 0 saturated heterocycles. The molecule has 2 aromatic rings. The topological polar surface area (TPSA) is 66.0 Å². The van der Waals surface area contributed by atoms with E-state index in [0.29, 0.717) is 37.8 Å². The van der Waals surface area contributed by atoms with Gasteiger partial charge in [0, 0.05) is 25.2 Å². The Morgan fingerprint density at radius 2 is 2.00 bits per heavy atom. The van der Waals surface area contributed by atoms with E-state index in [1.807, 2.05) is 31.2 Å². The molecule has 0 atom stereocenters. The maximum atomic E-state index is 13.8. The van der Waals surface area contributed by atoms with Gasteiger partial charge in [0.15, 0.2) is 12.6 Å². The highest BCUT2D eigenvalue weighted by Gasteiger charge is 2.24. The van der Waals surface area contributed by atoms with Crippen molar-refractivity contribution in [3.05, 3.63) is 59.7 Å². The second kappa shape index (κ2) is 11.7. The number of halogens is 3. The summed E-state index contributed by atoms with van der Waals surface area (Å²) in [6.07, 6.45) is 0.679. The SMILES string of the molecule is CCNC(=NCc1cc(F)ccc1F)NCCCN1C(=O)COc2ccccc21.I. The Balaban J connectivity index is 0.00000320. The Morgan fingerprint density at radius 3 is 2.80 bits per heavy atom. The van der Waals surface area contributed by atoms with E-state index in [0.717, 1.165) is 23.9 Å². The molecule has 30 heavy (non-hydrogen) atoms. The largest absolute Gasteiger partial charge is 0.482 e. The molecule has 3 rings (SSSR count). The number of benzene rings is 2. The number of hydrogen-bond acceptors (Lipinski definition) is 3. The van der Waals surface area contributed by atoms with Crippen LogP contribution in [0.5, 0.6) is 5.75 Å². The zero-order chi connectivity index (χ0) is 20.6. The monoisotopic (exact) mass is 530 g/mol. The predicted octanol–water partition coefficient (Wildman–Crippen LogP) is 3.45. The summed E-state index contributed by atoms with van der Waals surface area (Å²) in [5.41, 5.74) is 0.962. The number of nitrogens with zero attached hydrogens (tertiary/aromatic N) is 2. The van der Waals surface area contributed by atoms with Gasteiger partial charge >= 0.3 is 0 Å². The number of guanidine groups is 1. The van der Waals surface area contributed by atoms with E-state index >= 15 is 0 Å². The molecule has 1 aliphatic rings. The predicted molar refractivity (Wildman–Crippen MR) is 123 cm³/mol. The first kappa shape index (κ1) is 23.8. The van der Waals surface area contributed by atoms with Crippen molar-refractivity contribution in [3.8, 4) is 5.75 Å². The molecule has 0 bridgehead atoms. The van der Waals surface area contributed by atoms with Gasteiger partial charge in [-0.1, -0.05) is 12.1 Å². The first-order valence-corrected chi connectivity index (χ1v) is 9.56. The molecular weight excluding hydrogens is 505 g/mol. The van der Waals surface area contributed by atoms with Crippen molar-refractivity contribution in [2.75, 3.05) is 31.1 Å².